The Morgan fingerprint density at radius 2 is 1.65 bits per heavy atom. The summed E-state index contributed by atoms with van der Waals surface area (Å²) in [7, 11) is 5.79. The Morgan fingerprint density at radius 3 is 2.06 bits per heavy atom. The summed E-state index contributed by atoms with van der Waals surface area (Å²) in [5.41, 5.74) is -0.0820. The van der Waals surface area contributed by atoms with E-state index in [9.17, 15) is 14.4 Å². The van der Waals surface area contributed by atoms with Crippen LogP contribution in [0.25, 0.3) is 0 Å². The molecule has 17 heavy (non-hydrogen) atoms. The van der Waals surface area contributed by atoms with Crippen LogP contribution in [0.3, 0.4) is 0 Å². The zero-order valence-corrected chi connectivity index (χ0v) is 10.5. The number of esters is 2. The third-order valence-corrected chi connectivity index (χ3v) is 1.88. The van der Waals surface area contributed by atoms with E-state index in [0.29, 0.717) is 0 Å². The van der Waals surface area contributed by atoms with Crippen molar-refractivity contribution in [2.24, 2.45) is 0 Å². The minimum atomic E-state index is -0.714. The summed E-state index contributed by atoms with van der Waals surface area (Å²) >= 11 is 0. The Labute approximate surface area is 100 Å². The molecule has 0 spiro atoms. The summed E-state index contributed by atoms with van der Waals surface area (Å²) in [6.45, 7) is 0. The van der Waals surface area contributed by atoms with Gasteiger partial charge in [0.2, 0.25) is 0 Å². The SMILES string of the molecule is COC(=O)CCC(=O)/C(=C\N(C)C)C(=O)OC. The van der Waals surface area contributed by atoms with E-state index < -0.39 is 17.7 Å². The van der Waals surface area contributed by atoms with Crippen molar-refractivity contribution in [2.75, 3.05) is 28.3 Å². The maximum absolute atomic E-state index is 11.7. The molecule has 6 heteroatoms. The number of carbonyl (C=O) groups excluding carboxylic acids is 3. The quantitative estimate of drug-likeness (QED) is 0.286. The van der Waals surface area contributed by atoms with Crippen LogP contribution >= 0.6 is 0 Å². The molecule has 0 aliphatic heterocycles. The molecular weight excluding hydrogens is 226 g/mol. The van der Waals surface area contributed by atoms with E-state index in [1.807, 2.05) is 0 Å². The van der Waals surface area contributed by atoms with E-state index in [1.165, 1.54) is 20.4 Å². The molecule has 0 aromatic rings. The summed E-state index contributed by atoms with van der Waals surface area (Å²) in [6, 6.07) is 0. The van der Waals surface area contributed by atoms with Crippen molar-refractivity contribution in [1.29, 1.82) is 0 Å². The normalized spacial score (nSPS) is 10.7. The van der Waals surface area contributed by atoms with E-state index in [-0.39, 0.29) is 18.4 Å². The zero-order chi connectivity index (χ0) is 13.4. The second-order valence-electron chi connectivity index (χ2n) is 3.50. The lowest BCUT2D eigenvalue weighted by Gasteiger charge is -2.09. The molecule has 96 valence electrons. The van der Waals surface area contributed by atoms with Gasteiger partial charge < -0.3 is 14.4 Å². The van der Waals surface area contributed by atoms with Gasteiger partial charge in [-0.1, -0.05) is 0 Å². The smallest absolute Gasteiger partial charge is 0.342 e. The van der Waals surface area contributed by atoms with Crippen molar-refractivity contribution in [3.05, 3.63) is 11.8 Å². The molecule has 0 aromatic heterocycles. The lowest BCUT2D eigenvalue weighted by Crippen LogP contribution is -2.19. The number of ether oxygens (including phenoxy) is 2. The summed E-state index contributed by atoms with van der Waals surface area (Å²) in [5.74, 6) is -1.66. The summed E-state index contributed by atoms with van der Waals surface area (Å²) in [5, 5.41) is 0. The van der Waals surface area contributed by atoms with Crippen molar-refractivity contribution >= 4 is 17.7 Å². The second kappa shape index (κ2) is 7.43. The molecule has 0 N–H and O–H groups in total. The van der Waals surface area contributed by atoms with Gasteiger partial charge in [-0.3, -0.25) is 9.59 Å². The lowest BCUT2D eigenvalue weighted by atomic mass is 10.1. The van der Waals surface area contributed by atoms with Gasteiger partial charge >= 0.3 is 11.9 Å². The molecule has 0 fully saturated rings. The highest BCUT2D eigenvalue weighted by molar-refractivity contribution is 6.17. The fourth-order valence-corrected chi connectivity index (χ4v) is 1.06. The van der Waals surface area contributed by atoms with Crippen LogP contribution in [0.2, 0.25) is 0 Å². The number of nitrogens with zero attached hydrogens (tertiary/aromatic N) is 1. The number of hydrogen-bond donors (Lipinski definition) is 0. The molecule has 0 aliphatic rings. The van der Waals surface area contributed by atoms with Gasteiger partial charge in [0.05, 0.1) is 20.6 Å². The van der Waals surface area contributed by atoms with Crippen LogP contribution in [0.4, 0.5) is 0 Å². The first kappa shape index (κ1) is 15.2. The number of methoxy groups -OCH3 is 2. The van der Waals surface area contributed by atoms with Gasteiger partial charge in [-0.05, 0) is 0 Å². The van der Waals surface area contributed by atoms with E-state index in [1.54, 1.807) is 19.0 Å². The molecule has 0 saturated heterocycles. The lowest BCUT2D eigenvalue weighted by molar-refractivity contribution is -0.143. The van der Waals surface area contributed by atoms with E-state index in [4.69, 9.17) is 0 Å². The maximum Gasteiger partial charge on any atom is 0.342 e. The number of rotatable bonds is 6. The molecule has 0 amide bonds. The van der Waals surface area contributed by atoms with Crippen LogP contribution in [0, 0.1) is 0 Å². The molecule has 0 aromatic carbocycles. The largest absolute Gasteiger partial charge is 0.469 e. The molecule has 0 saturated carbocycles. The third kappa shape index (κ3) is 5.70. The van der Waals surface area contributed by atoms with Crippen LogP contribution < -0.4 is 0 Å². The first-order valence-corrected chi connectivity index (χ1v) is 4.99. The van der Waals surface area contributed by atoms with E-state index in [2.05, 4.69) is 9.47 Å². The molecule has 0 bridgehead atoms. The highest BCUT2D eigenvalue weighted by Crippen LogP contribution is 2.06. The van der Waals surface area contributed by atoms with Crippen molar-refractivity contribution in [3.8, 4) is 0 Å². The van der Waals surface area contributed by atoms with Crippen molar-refractivity contribution < 1.29 is 23.9 Å². The predicted molar refractivity (Wildman–Crippen MR) is 60.0 cm³/mol. The van der Waals surface area contributed by atoms with Gasteiger partial charge in [0.15, 0.2) is 5.78 Å². The van der Waals surface area contributed by atoms with Crippen molar-refractivity contribution in [1.82, 2.24) is 4.90 Å². The molecule has 0 aliphatic carbocycles. The molecule has 6 nitrogen and oxygen atoms in total. The Kier molecular flexibility index (Phi) is 6.62. The summed E-state index contributed by atoms with van der Waals surface area (Å²) in [6.07, 6.45) is 1.23. The standard InChI is InChI=1S/C11H17NO5/c1-12(2)7-8(11(15)17-4)9(13)5-6-10(14)16-3/h7H,5-6H2,1-4H3/b8-7+. The molecule has 0 radical (unpaired) electrons. The second-order valence-corrected chi connectivity index (χ2v) is 3.50. The summed E-state index contributed by atoms with van der Waals surface area (Å²) in [4.78, 5) is 35.5. The highest BCUT2D eigenvalue weighted by atomic mass is 16.5. The summed E-state index contributed by atoms with van der Waals surface area (Å²) < 4.78 is 8.91. The predicted octanol–water partition coefficient (Wildman–Crippen LogP) is 0.127. The number of hydrogen-bond acceptors (Lipinski definition) is 6. The molecule has 0 rings (SSSR count). The Balaban J connectivity index is 4.66. The Hall–Kier alpha value is -1.85. The van der Waals surface area contributed by atoms with E-state index >= 15 is 0 Å². The van der Waals surface area contributed by atoms with Gasteiger partial charge in [0, 0.05) is 26.7 Å². The van der Waals surface area contributed by atoms with Gasteiger partial charge in [-0.15, -0.1) is 0 Å². The molecule has 0 unspecified atom stereocenters. The topological polar surface area (TPSA) is 72.9 Å². The monoisotopic (exact) mass is 243 g/mol. The molecule has 0 heterocycles. The Morgan fingerprint density at radius 1 is 1.06 bits per heavy atom. The highest BCUT2D eigenvalue weighted by Gasteiger charge is 2.20. The fourth-order valence-electron chi connectivity index (χ4n) is 1.06. The fraction of sp³-hybridized carbons (Fsp3) is 0.545. The van der Waals surface area contributed by atoms with Crippen molar-refractivity contribution in [2.45, 2.75) is 12.8 Å². The van der Waals surface area contributed by atoms with Crippen LogP contribution in [0.5, 0.6) is 0 Å². The number of carbonyl (C=O) groups is 3. The van der Waals surface area contributed by atoms with Gasteiger partial charge in [0.25, 0.3) is 0 Å². The third-order valence-electron chi connectivity index (χ3n) is 1.88. The van der Waals surface area contributed by atoms with Gasteiger partial charge in [0.1, 0.15) is 5.57 Å². The first-order chi connectivity index (χ1) is 7.92. The minimum absolute atomic E-state index is 0.0584. The van der Waals surface area contributed by atoms with E-state index in [0.717, 1.165) is 0 Å². The van der Waals surface area contributed by atoms with Gasteiger partial charge in [-0.2, -0.15) is 0 Å². The Bertz CT molecular complexity index is 333. The maximum atomic E-state index is 11.7. The number of Topliss-reactive ketones (excluding diaryl/α,β-unsaturated/α-hetero) is 1. The molecule has 0 atom stereocenters. The van der Waals surface area contributed by atoms with Crippen LogP contribution in [0.15, 0.2) is 11.8 Å². The van der Waals surface area contributed by atoms with Gasteiger partial charge in [-0.25, -0.2) is 4.79 Å². The zero-order valence-electron chi connectivity index (χ0n) is 10.5. The first-order valence-electron chi connectivity index (χ1n) is 4.99. The van der Waals surface area contributed by atoms with Crippen LogP contribution in [-0.2, 0) is 23.9 Å². The minimum Gasteiger partial charge on any atom is -0.469 e. The van der Waals surface area contributed by atoms with Crippen LogP contribution in [-0.4, -0.2) is 50.9 Å². The molecular formula is C11H17NO5. The van der Waals surface area contributed by atoms with Crippen molar-refractivity contribution in [3.63, 3.8) is 0 Å². The van der Waals surface area contributed by atoms with Crippen LogP contribution in [0.1, 0.15) is 12.8 Å². The number of ketones is 1. The average Bonchev–Trinajstić information content (AvgIpc) is 2.31. The average molecular weight is 243 g/mol.